The quantitative estimate of drug-likeness (QED) is 0.648. The van der Waals surface area contributed by atoms with Gasteiger partial charge in [-0.05, 0) is 49.6 Å². The molecule has 2 aromatic rings. The Morgan fingerprint density at radius 1 is 1.16 bits per heavy atom. The summed E-state index contributed by atoms with van der Waals surface area (Å²) in [6.45, 7) is 3.75. The Morgan fingerprint density at radius 2 is 1.94 bits per heavy atom. The molecule has 1 atom stereocenters. The Morgan fingerprint density at radius 3 is 2.68 bits per heavy atom. The first-order chi connectivity index (χ1) is 15.1. The Balaban J connectivity index is 1.58. The molecular weight excluding hydrogens is 392 g/mol. The van der Waals surface area contributed by atoms with Crippen LogP contribution in [0.1, 0.15) is 38.2 Å². The van der Waals surface area contributed by atoms with Crippen LogP contribution >= 0.6 is 0 Å². The number of hydrogen-bond donors (Lipinski definition) is 2. The van der Waals surface area contributed by atoms with Crippen LogP contribution < -0.4 is 20.3 Å². The van der Waals surface area contributed by atoms with Crippen molar-refractivity contribution >= 4 is 23.2 Å². The van der Waals surface area contributed by atoms with Gasteiger partial charge < -0.3 is 20.3 Å². The molecule has 1 saturated heterocycles. The zero-order valence-electron chi connectivity index (χ0n) is 17.8. The second-order valence-electron chi connectivity index (χ2n) is 7.54. The highest BCUT2D eigenvalue weighted by Crippen LogP contribution is 2.23. The highest BCUT2D eigenvalue weighted by atomic mass is 16.5. The molecule has 0 aromatic heterocycles. The van der Waals surface area contributed by atoms with Gasteiger partial charge in [-0.3, -0.25) is 9.59 Å². The summed E-state index contributed by atoms with van der Waals surface area (Å²) in [7, 11) is 0. The molecule has 7 nitrogen and oxygen atoms in total. The summed E-state index contributed by atoms with van der Waals surface area (Å²) in [5.41, 5.74) is 2.16. The van der Waals surface area contributed by atoms with Gasteiger partial charge in [0.1, 0.15) is 17.9 Å². The number of amides is 2. The number of carbonyl (C=O) groups is 2. The zero-order valence-corrected chi connectivity index (χ0v) is 17.8. The third-order valence-electron chi connectivity index (χ3n) is 5.18. The van der Waals surface area contributed by atoms with E-state index in [2.05, 4.69) is 15.5 Å². The van der Waals surface area contributed by atoms with Crippen molar-refractivity contribution in [2.45, 2.75) is 38.6 Å². The van der Waals surface area contributed by atoms with Gasteiger partial charge in [0.25, 0.3) is 5.91 Å². The van der Waals surface area contributed by atoms with Gasteiger partial charge in [0.2, 0.25) is 5.91 Å². The van der Waals surface area contributed by atoms with E-state index in [1.165, 1.54) is 12.8 Å². The molecule has 0 aliphatic carbocycles. The number of nitriles is 1. The summed E-state index contributed by atoms with van der Waals surface area (Å²) in [4.78, 5) is 27.5. The molecule has 0 radical (unpaired) electrons. The van der Waals surface area contributed by atoms with Crippen LogP contribution in [-0.4, -0.2) is 37.6 Å². The molecule has 3 rings (SSSR count). The van der Waals surface area contributed by atoms with Crippen molar-refractivity contribution in [1.82, 2.24) is 5.32 Å². The number of anilines is 2. The summed E-state index contributed by atoms with van der Waals surface area (Å²) < 4.78 is 5.47. The fourth-order valence-electron chi connectivity index (χ4n) is 3.61. The Hall–Kier alpha value is -3.53. The zero-order chi connectivity index (χ0) is 22.1. The van der Waals surface area contributed by atoms with Crippen LogP contribution in [0.5, 0.6) is 5.75 Å². The number of benzene rings is 2. The van der Waals surface area contributed by atoms with E-state index in [1.54, 1.807) is 24.3 Å². The number of nitrogens with zero attached hydrogens (tertiary/aromatic N) is 2. The van der Waals surface area contributed by atoms with Crippen LogP contribution in [0.3, 0.4) is 0 Å². The fraction of sp³-hybridized carbons (Fsp3) is 0.375. The van der Waals surface area contributed by atoms with E-state index in [0.717, 1.165) is 25.2 Å². The van der Waals surface area contributed by atoms with Gasteiger partial charge in [-0.2, -0.15) is 5.26 Å². The van der Waals surface area contributed by atoms with Gasteiger partial charge in [-0.25, -0.2) is 0 Å². The van der Waals surface area contributed by atoms with Crippen molar-refractivity contribution in [3.8, 4) is 11.8 Å². The molecule has 1 unspecified atom stereocenters. The van der Waals surface area contributed by atoms with Gasteiger partial charge in [0.05, 0.1) is 5.56 Å². The largest absolute Gasteiger partial charge is 0.482 e. The van der Waals surface area contributed by atoms with Gasteiger partial charge >= 0.3 is 0 Å². The number of carbonyl (C=O) groups excluding carboxylic acids is 2. The smallest absolute Gasteiger partial charge is 0.258 e. The molecule has 7 heteroatoms. The normalized spacial score (nSPS) is 13.9. The van der Waals surface area contributed by atoms with Crippen LogP contribution in [0, 0.1) is 11.3 Å². The lowest BCUT2D eigenvalue weighted by atomic mass is 10.1. The average molecular weight is 421 g/mol. The topological polar surface area (TPSA) is 94.5 Å². The second kappa shape index (κ2) is 11.0. The average Bonchev–Trinajstić information content (AvgIpc) is 3.33. The maximum absolute atomic E-state index is 12.8. The van der Waals surface area contributed by atoms with Crippen LogP contribution in [-0.2, 0) is 9.59 Å². The number of hydrogen-bond acceptors (Lipinski definition) is 5. The third kappa shape index (κ3) is 6.22. The van der Waals surface area contributed by atoms with Gasteiger partial charge in [-0.15, -0.1) is 0 Å². The molecule has 0 saturated carbocycles. The predicted octanol–water partition coefficient (Wildman–Crippen LogP) is 3.46. The summed E-state index contributed by atoms with van der Waals surface area (Å²) in [5.74, 6) is -0.325. The van der Waals surface area contributed by atoms with Crippen molar-refractivity contribution in [3.63, 3.8) is 0 Å². The van der Waals surface area contributed by atoms with E-state index < -0.39 is 11.9 Å². The van der Waals surface area contributed by atoms with Crippen LogP contribution in [0.2, 0.25) is 0 Å². The standard InChI is InChI=1S/C24H28N4O3/c1-2-8-21(27-23(29)17-31-22-12-4-3-9-18(22)16-25)24(30)26-19-10-7-11-20(15-19)28-13-5-6-14-28/h3-4,7,9-12,15,21H,2,5-6,8,13-14,17H2,1H3,(H,26,30)(H,27,29). The molecule has 1 aliphatic rings. The maximum atomic E-state index is 12.8. The molecule has 162 valence electrons. The molecular formula is C24H28N4O3. The first kappa shape index (κ1) is 22.2. The first-order valence-electron chi connectivity index (χ1n) is 10.7. The molecule has 31 heavy (non-hydrogen) atoms. The molecule has 0 bridgehead atoms. The highest BCUT2D eigenvalue weighted by molar-refractivity contribution is 5.97. The molecule has 2 aromatic carbocycles. The van der Waals surface area contributed by atoms with E-state index in [9.17, 15) is 9.59 Å². The maximum Gasteiger partial charge on any atom is 0.258 e. The van der Waals surface area contributed by atoms with E-state index >= 15 is 0 Å². The monoisotopic (exact) mass is 420 g/mol. The number of nitrogens with one attached hydrogen (secondary N) is 2. The Bertz CT molecular complexity index is 948. The fourth-order valence-corrected chi connectivity index (χ4v) is 3.61. The molecule has 0 spiro atoms. The predicted molar refractivity (Wildman–Crippen MR) is 120 cm³/mol. The van der Waals surface area contributed by atoms with Crippen molar-refractivity contribution < 1.29 is 14.3 Å². The van der Waals surface area contributed by atoms with Crippen LogP contribution in [0.15, 0.2) is 48.5 Å². The minimum Gasteiger partial charge on any atom is -0.482 e. The summed E-state index contributed by atoms with van der Waals surface area (Å²) in [6, 6.07) is 15.9. The van der Waals surface area contributed by atoms with Gasteiger partial charge in [0.15, 0.2) is 6.61 Å². The Labute approximate surface area is 183 Å². The molecule has 1 aliphatic heterocycles. The lowest BCUT2D eigenvalue weighted by Gasteiger charge is -2.20. The van der Waals surface area contributed by atoms with Crippen LogP contribution in [0.4, 0.5) is 11.4 Å². The van der Waals surface area contributed by atoms with E-state index in [0.29, 0.717) is 23.4 Å². The number of para-hydroxylation sites is 1. The number of rotatable bonds is 9. The lowest BCUT2D eigenvalue weighted by Crippen LogP contribution is -2.45. The second-order valence-corrected chi connectivity index (χ2v) is 7.54. The highest BCUT2D eigenvalue weighted by Gasteiger charge is 2.21. The summed E-state index contributed by atoms with van der Waals surface area (Å²) in [5, 5.41) is 14.8. The van der Waals surface area contributed by atoms with Crippen molar-refractivity contribution in [2.24, 2.45) is 0 Å². The molecule has 2 amide bonds. The first-order valence-corrected chi connectivity index (χ1v) is 10.7. The van der Waals surface area contributed by atoms with E-state index in [4.69, 9.17) is 10.00 Å². The van der Waals surface area contributed by atoms with Crippen molar-refractivity contribution in [3.05, 3.63) is 54.1 Å². The van der Waals surface area contributed by atoms with E-state index in [-0.39, 0.29) is 12.5 Å². The Kier molecular flexibility index (Phi) is 7.88. The lowest BCUT2D eigenvalue weighted by molar-refractivity contribution is -0.128. The summed E-state index contributed by atoms with van der Waals surface area (Å²) >= 11 is 0. The SMILES string of the molecule is CCCC(NC(=O)COc1ccccc1C#N)C(=O)Nc1cccc(N2CCCC2)c1. The minimum atomic E-state index is -0.664. The van der Waals surface area contributed by atoms with Gasteiger partial charge in [-0.1, -0.05) is 31.5 Å². The third-order valence-corrected chi connectivity index (χ3v) is 5.18. The molecule has 1 heterocycles. The molecule has 1 fully saturated rings. The number of ether oxygens (including phenoxy) is 1. The van der Waals surface area contributed by atoms with E-state index in [1.807, 2.05) is 37.3 Å². The molecule has 2 N–H and O–H groups in total. The van der Waals surface area contributed by atoms with Crippen LogP contribution in [0.25, 0.3) is 0 Å². The van der Waals surface area contributed by atoms with Gasteiger partial charge in [0, 0.05) is 24.5 Å². The van der Waals surface area contributed by atoms with Crippen molar-refractivity contribution in [2.75, 3.05) is 29.9 Å². The van der Waals surface area contributed by atoms with Crippen molar-refractivity contribution in [1.29, 1.82) is 5.26 Å². The minimum absolute atomic E-state index is 0.258. The summed E-state index contributed by atoms with van der Waals surface area (Å²) in [6.07, 6.45) is 3.62.